The van der Waals surface area contributed by atoms with Crippen LogP contribution < -0.4 is 14.8 Å². The summed E-state index contributed by atoms with van der Waals surface area (Å²) >= 11 is 0. The van der Waals surface area contributed by atoms with Gasteiger partial charge in [-0.1, -0.05) is 0 Å². The summed E-state index contributed by atoms with van der Waals surface area (Å²) in [6, 6.07) is 3.92. The highest BCUT2D eigenvalue weighted by molar-refractivity contribution is 5.80. The van der Waals surface area contributed by atoms with E-state index in [0.717, 1.165) is 34.8 Å². The fourth-order valence-electron chi connectivity index (χ4n) is 2.08. The van der Waals surface area contributed by atoms with Crippen molar-refractivity contribution in [3.05, 3.63) is 18.0 Å². The topological polar surface area (TPSA) is 59.2 Å². The van der Waals surface area contributed by atoms with Crippen LogP contribution in [-0.2, 0) is 5.54 Å². The Morgan fingerprint density at radius 1 is 1.21 bits per heavy atom. The Kier molecular flexibility index (Phi) is 2.86. The van der Waals surface area contributed by atoms with E-state index in [-0.39, 0.29) is 5.54 Å². The Morgan fingerprint density at radius 2 is 1.89 bits per heavy atom. The van der Waals surface area contributed by atoms with Crippen LogP contribution in [0.25, 0.3) is 11.0 Å². The molecule has 0 unspecified atom stereocenters. The molecule has 0 atom stereocenters. The van der Waals surface area contributed by atoms with Gasteiger partial charge < -0.3 is 19.8 Å². The minimum atomic E-state index is -0.196. The van der Waals surface area contributed by atoms with E-state index in [1.165, 1.54) is 0 Å². The molecule has 2 heterocycles. The summed E-state index contributed by atoms with van der Waals surface area (Å²) in [6.07, 6.45) is 0.911. The summed E-state index contributed by atoms with van der Waals surface area (Å²) < 4.78 is 11.4. The predicted octanol–water partition coefficient (Wildman–Crippen LogP) is 2.18. The number of hydrogen-bond acceptors (Lipinski definition) is 4. The molecule has 0 amide bonds. The van der Waals surface area contributed by atoms with Crippen molar-refractivity contribution in [3.63, 3.8) is 0 Å². The van der Waals surface area contributed by atoms with Crippen molar-refractivity contribution < 1.29 is 9.47 Å². The fraction of sp³-hybridized carbons (Fsp3) is 0.500. The van der Waals surface area contributed by atoms with Crippen molar-refractivity contribution in [2.24, 2.45) is 0 Å². The van der Waals surface area contributed by atoms with Crippen molar-refractivity contribution in [2.45, 2.75) is 25.8 Å². The molecule has 19 heavy (non-hydrogen) atoms. The van der Waals surface area contributed by atoms with Crippen molar-refractivity contribution in [2.75, 3.05) is 20.3 Å². The van der Waals surface area contributed by atoms with Gasteiger partial charge in [0.05, 0.1) is 29.8 Å². The number of rotatable bonds is 2. The van der Waals surface area contributed by atoms with E-state index < -0.39 is 0 Å². The predicted molar refractivity (Wildman–Crippen MR) is 73.8 cm³/mol. The van der Waals surface area contributed by atoms with Gasteiger partial charge in [-0.3, -0.25) is 0 Å². The number of imidazole rings is 1. The van der Waals surface area contributed by atoms with Gasteiger partial charge >= 0.3 is 0 Å². The monoisotopic (exact) mass is 261 g/mol. The fourth-order valence-corrected chi connectivity index (χ4v) is 2.08. The molecule has 0 radical (unpaired) electrons. The Balaban J connectivity index is 2.09. The van der Waals surface area contributed by atoms with Gasteiger partial charge in [0, 0.05) is 18.6 Å². The van der Waals surface area contributed by atoms with E-state index in [9.17, 15) is 0 Å². The zero-order valence-corrected chi connectivity index (χ0v) is 11.5. The van der Waals surface area contributed by atoms with Crippen LogP contribution in [0.5, 0.6) is 11.5 Å². The molecule has 1 aromatic carbocycles. The number of aromatic amines is 1. The van der Waals surface area contributed by atoms with Crippen molar-refractivity contribution in [1.29, 1.82) is 0 Å². The van der Waals surface area contributed by atoms with Crippen LogP contribution in [0, 0.1) is 0 Å². The lowest BCUT2D eigenvalue weighted by Crippen LogP contribution is -2.34. The quantitative estimate of drug-likeness (QED) is 0.870. The normalized spacial score (nSPS) is 15.5. The summed E-state index contributed by atoms with van der Waals surface area (Å²) in [5.74, 6) is 2.48. The molecule has 0 fully saturated rings. The largest absolute Gasteiger partial charge is 0.489 e. The maximum absolute atomic E-state index is 5.69. The van der Waals surface area contributed by atoms with Gasteiger partial charge in [0.1, 0.15) is 5.82 Å². The van der Waals surface area contributed by atoms with Gasteiger partial charge in [0.25, 0.3) is 0 Å². The molecule has 2 N–H and O–H groups in total. The molecular weight excluding hydrogens is 242 g/mol. The highest BCUT2D eigenvalue weighted by Crippen LogP contribution is 2.34. The number of benzene rings is 1. The lowest BCUT2D eigenvalue weighted by atomic mass is 10.1. The number of aromatic nitrogens is 2. The number of nitrogens with one attached hydrogen (secondary N) is 2. The molecule has 102 valence electrons. The first-order valence-corrected chi connectivity index (χ1v) is 6.59. The molecular formula is C14H19N3O2. The number of H-pyrrole nitrogens is 1. The van der Waals surface area contributed by atoms with Gasteiger partial charge in [0.15, 0.2) is 11.5 Å². The highest BCUT2D eigenvalue weighted by Gasteiger charge is 2.23. The van der Waals surface area contributed by atoms with Gasteiger partial charge in [-0.25, -0.2) is 4.98 Å². The highest BCUT2D eigenvalue weighted by atomic mass is 16.5. The van der Waals surface area contributed by atoms with Crippen molar-refractivity contribution >= 4 is 11.0 Å². The first-order chi connectivity index (χ1) is 9.10. The Bertz CT molecular complexity index is 561. The zero-order valence-electron chi connectivity index (χ0n) is 11.5. The van der Waals surface area contributed by atoms with Crippen LogP contribution >= 0.6 is 0 Å². The lowest BCUT2D eigenvalue weighted by molar-refractivity contribution is 0.297. The van der Waals surface area contributed by atoms with Crippen molar-refractivity contribution in [3.8, 4) is 11.5 Å². The SMILES string of the molecule is CNC(C)(C)c1nc2cc3c(cc2[nH]1)OCCCO3. The summed E-state index contributed by atoms with van der Waals surface area (Å²) in [5.41, 5.74) is 1.68. The molecule has 0 bridgehead atoms. The van der Waals surface area contributed by atoms with Gasteiger partial charge in [-0.2, -0.15) is 0 Å². The second-order valence-electron chi connectivity index (χ2n) is 5.33. The number of fused-ring (bicyclic) bond motifs is 2. The minimum absolute atomic E-state index is 0.196. The average molecular weight is 261 g/mol. The maximum atomic E-state index is 5.69. The first kappa shape index (κ1) is 12.3. The van der Waals surface area contributed by atoms with Crippen LogP contribution in [0.3, 0.4) is 0 Å². The van der Waals surface area contributed by atoms with E-state index in [2.05, 4.69) is 29.1 Å². The molecule has 5 nitrogen and oxygen atoms in total. The van der Waals surface area contributed by atoms with E-state index in [1.54, 1.807) is 0 Å². The summed E-state index contributed by atoms with van der Waals surface area (Å²) in [4.78, 5) is 7.99. The van der Waals surface area contributed by atoms with E-state index in [0.29, 0.717) is 13.2 Å². The van der Waals surface area contributed by atoms with Crippen molar-refractivity contribution in [1.82, 2.24) is 15.3 Å². The zero-order chi connectivity index (χ0) is 13.5. The van der Waals surface area contributed by atoms with Crippen LogP contribution in [0.15, 0.2) is 12.1 Å². The van der Waals surface area contributed by atoms with E-state index in [4.69, 9.17) is 9.47 Å². The maximum Gasteiger partial charge on any atom is 0.163 e. The molecule has 1 aromatic heterocycles. The third kappa shape index (κ3) is 2.14. The standard InChI is InChI=1S/C14H19N3O2/c1-14(2,15-3)13-16-9-7-11-12(8-10(9)17-13)19-6-4-5-18-11/h7-8,15H,4-6H2,1-3H3,(H,16,17). The van der Waals surface area contributed by atoms with Crippen LogP contribution in [-0.4, -0.2) is 30.2 Å². The van der Waals surface area contributed by atoms with Gasteiger partial charge in [-0.15, -0.1) is 0 Å². The molecule has 0 saturated carbocycles. The summed E-state index contributed by atoms with van der Waals surface area (Å²) in [5, 5.41) is 3.24. The second-order valence-corrected chi connectivity index (χ2v) is 5.33. The molecule has 0 saturated heterocycles. The summed E-state index contributed by atoms with van der Waals surface area (Å²) in [6.45, 7) is 5.56. The number of nitrogens with zero attached hydrogens (tertiary/aromatic N) is 1. The molecule has 0 spiro atoms. The number of ether oxygens (including phenoxy) is 2. The Hall–Kier alpha value is -1.75. The minimum Gasteiger partial charge on any atom is -0.489 e. The molecule has 3 rings (SSSR count). The third-order valence-electron chi connectivity index (χ3n) is 3.57. The molecule has 1 aliphatic rings. The lowest BCUT2D eigenvalue weighted by Gasteiger charge is -2.20. The Morgan fingerprint density at radius 3 is 2.58 bits per heavy atom. The second kappa shape index (κ2) is 4.42. The van der Waals surface area contributed by atoms with Crippen LogP contribution in [0.1, 0.15) is 26.1 Å². The van der Waals surface area contributed by atoms with Gasteiger partial charge in [-0.05, 0) is 20.9 Å². The molecule has 1 aliphatic heterocycles. The summed E-state index contributed by atoms with van der Waals surface area (Å²) in [7, 11) is 1.93. The first-order valence-electron chi connectivity index (χ1n) is 6.59. The molecule has 0 aliphatic carbocycles. The van der Waals surface area contributed by atoms with E-state index in [1.807, 2.05) is 19.2 Å². The Labute approximate surface area is 112 Å². The van der Waals surface area contributed by atoms with Crippen LogP contribution in [0.4, 0.5) is 0 Å². The third-order valence-corrected chi connectivity index (χ3v) is 3.57. The van der Waals surface area contributed by atoms with E-state index >= 15 is 0 Å². The van der Waals surface area contributed by atoms with Gasteiger partial charge in [0.2, 0.25) is 0 Å². The average Bonchev–Trinajstić information content (AvgIpc) is 2.68. The molecule has 5 heteroatoms. The molecule has 2 aromatic rings. The number of hydrogen-bond donors (Lipinski definition) is 2. The smallest absolute Gasteiger partial charge is 0.163 e. The van der Waals surface area contributed by atoms with Crippen LogP contribution in [0.2, 0.25) is 0 Å².